The summed E-state index contributed by atoms with van der Waals surface area (Å²) < 4.78 is 0. The molecular weight excluding hydrogens is 368 g/mol. The van der Waals surface area contributed by atoms with Crippen molar-refractivity contribution in [1.29, 1.82) is 0 Å². The Labute approximate surface area is 174 Å². The lowest BCUT2D eigenvalue weighted by Crippen LogP contribution is -2.44. The van der Waals surface area contributed by atoms with Crippen LogP contribution in [0, 0.1) is 5.92 Å². The zero-order valence-electron chi connectivity index (χ0n) is 17.9. The first-order valence-electron chi connectivity index (χ1n) is 10.6. The highest BCUT2D eigenvalue weighted by Gasteiger charge is 2.39. The molecule has 5 heteroatoms. The molecule has 2 atom stereocenters. The molecule has 1 aromatic carbocycles. The Hall–Kier alpha value is -1.49. The average molecular weight is 403 g/mol. The van der Waals surface area contributed by atoms with Gasteiger partial charge in [-0.2, -0.15) is 0 Å². The molecule has 28 heavy (non-hydrogen) atoms. The number of carbonyl (C=O) groups excluding carboxylic acids is 2. The van der Waals surface area contributed by atoms with Gasteiger partial charge >= 0.3 is 0 Å². The molecule has 4 nitrogen and oxygen atoms in total. The second-order valence-corrected chi connectivity index (χ2v) is 10.5. The molecule has 0 unspecified atom stereocenters. The van der Waals surface area contributed by atoms with E-state index in [1.54, 1.807) is 11.8 Å². The Morgan fingerprint density at radius 3 is 2.36 bits per heavy atom. The third kappa shape index (κ3) is 4.40. The van der Waals surface area contributed by atoms with E-state index < -0.39 is 0 Å². The Morgan fingerprint density at radius 1 is 1.21 bits per heavy atom. The van der Waals surface area contributed by atoms with Crippen molar-refractivity contribution in [3.05, 3.63) is 35.4 Å². The molecule has 0 bridgehead atoms. The van der Waals surface area contributed by atoms with E-state index in [4.69, 9.17) is 0 Å². The molecule has 154 valence electrons. The van der Waals surface area contributed by atoms with Crippen LogP contribution in [0.15, 0.2) is 24.3 Å². The maximum Gasteiger partial charge on any atom is 0.236 e. The van der Waals surface area contributed by atoms with Gasteiger partial charge in [0.15, 0.2) is 0 Å². The molecule has 3 rings (SSSR count). The first-order chi connectivity index (χ1) is 13.2. The van der Waals surface area contributed by atoms with Gasteiger partial charge in [0, 0.05) is 25.6 Å². The molecule has 2 aliphatic rings. The fourth-order valence-corrected chi connectivity index (χ4v) is 5.18. The van der Waals surface area contributed by atoms with Gasteiger partial charge in [0.05, 0.1) is 5.25 Å². The minimum Gasteiger partial charge on any atom is -0.341 e. The summed E-state index contributed by atoms with van der Waals surface area (Å²) in [4.78, 5) is 29.3. The third-order valence-corrected chi connectivity index (χ3v) is 7.46. The largest absolute Gasteiger partial charge is 0.341 e. The molecule has 1 aromatic rings. The topological polar surface area (TPSA) is 40.6 Å². The lowest BCUT2D eigenvalue weighted by molar-refractivity contribution is -0.139. The van der Waals surface area contributed by atoms with E-state index >= 15 is 0 Å². The van der Waals surface area contributed by atoms with Crippen molar-refractivity contribution in [2.45, 2.75) is 69.9 Å². The van der Waals surface area contributed by atoms with Gasteiger partial charge in [0.25, 0.3) is 0 Å². The second kappa shape index (κ2) is 8.48. The molecule has 0 radical (unpaired) electrons. The first kappa shape index (κ1) is 21.2. The highest BCUT2D eigenvalue weighted by molar-refractivity contribution is 8.01. The molecule has 1 aliphatic carbocycles. The third-order valence-electron chi connectivity index (χ3n) is 6.07. The van der Waals surface area contributed by atoms with Gasteiger partial charge in [0.2, 0.25) is 11.8 Å². The van der Waals surface area contributed by atoms with E-state index in [1.807, 2.05) is 23.6 Å². The maximum atomic E-state index is 12.8. The molecular formula is C23H34N2O2S. The van der Waals surface area contributed by atoms with Crippen molar-refractivity contribution in [3.63, 3.8) is 0 Å². The standard InChI is InChI=1S/C23H34N2O2S/c1-6-24(21(27)17-8-7-9-17)14-15-25-20(26)16(2)28-22(25)18-10-12-19(13-11-18)23(3,4)5/h10-13,16-17,22H,6-9,14-15H2,1-5H3/t16-,22+/m0/s1. The minimum atomic E-state index is -0.0373. The summed E-state index contributed by atoms with van der Waals surface area (Å²) in [6.07, 6.45) is 3.21. The van der Waals surface area contributed by atoms with E-state index in [1.165, 1.54) is 17.5 Å². The van der Waals surface area contributed by atoms with E-state index in [-0.39, 0.29) is 33.8 Å². The Balaban J connectivity index is 1.70. The zero-order valence-corrected chi connectivity index (χ0v) is 18.7. The summed E-state index contributed by atoms with van der Waals surface area (Å²) in [6, 6.07) is 8.68. The smallest absolute Gasteiger partial charge is 0.236 e. The first-order valence-corrected chi connectivity index (χ1v) is 11.5. The number of nitrogens with zero attached hydrogens (tertiary/aromatic N) is 2. The number of rotatable bonds is 6. The summed E-state index contributed by atoms with van der Waals surface area (Å²) in [7, 11) is 0. The highest BCUT2D eigenvalue weighted by Crippen LogP contribution is 2.43. The zero-order chi connectivity index (χ0) is 20.5. The molecule has 1 saturated carbocycles. The van der Waals surface area contributed by atoms with E-state index in [0.29, 0.717) is 19.6 Å². The van der Waals surface area contributed by atoms with Crippen LogP contribution < -0.4 is 0 Å². The summed E-state index contributed by atoms with van der Waals surface area (Å²) in [5, 5.41) is -0.00117. The monoisotopic (exact) mass is 402 g/mol. The van der Waals surface area contributed by atoms with E-state index in [0.717, 1.165) is 12.8 Å². The number of likely N-dealkylation sites (N-methyl/N-ethyl adjacent to an activating group) is 1. The van der Waals surface area contributed by atoms with Crippen LogP contribution in [0.4, 0.5) is 0 Å². The number of thioether (sulfide) groups is 1. The van der Waals surface area contributed by atoms with Gasteiger partial charge in [0.1, 0.15) is 5.37 Å². The predicted octanol–water partition coefficient (Wildman–Crippen LogP) is 4.60. The van der Waals surface area contributed by atoms with Gasteiger partial charge in [-0.25, -0.2) is 0 Å². The lowest BCUT2D eigenvalue weighted by atomic mass is 9.84. The average Bonchev–Trinajstić information content (AvgIpc) is 2.88. The fraction of sp³-hybridized carbons (Fsp3) is 0.652. The normalized spacial score (nSPS) is 23.0. The van der Waals surface area contributed by atoms with Crippen molar-refractivity contribution in [2.24, 2.45) is 5.92 Å². The van der Waals surface area contributed by atoms with Crippen LogP contribution in [0.2, 0.25) is 0 Å². The molecule has 1 aliphatic heterocycles. The number of amides is 2. The lowest BCUT2D eigenvalue weighted by Gasteiger charge is -2.33. The van der Waals surface area contributed by atoms with Crippen LogP contribution in [0.25, 0.3) is 0 Å². The van der Waals surface area contributed by atoms with Crippen molar-refractivity contribution in [2.75, 3.05) is 19.6 Å². The van der Waals surface area contributed by atoms with Gasteiger partial charge in [-0.05, 0) is 43.2 Å². The van der Waals surface area contributed by atoms with Gasteiger partial charge < -0.3 is 9.80 Å². The summed E-state index contributed by atoms with van der Waals surface area (Å²) >= 11 is 1.71. The number of benzene rings is 1. The summed E-state index contributed by atoms with van der Waals surface area (Å²) in [5.74, 6) is 0.664. The molecule has 1 saturated heterocycles. The number of hydrogen-bond donors (Lipinski definition) is 0. The molecule has 1 heterocycles. The Kier molecular flexibility index (Phi) is 6.43. The van der Waals surface area contributed by atoms with Crippen LogP contribution in [0.3, 0.4) is 0 Å². The minimum absolute atomic E-state index is 0.0361. The Morgan fingerprint density at radius 2 is 1.86 bits per heavy atom. The molecule has 0 spiro atoms. The highest BCUT2D eigenvalue weighted by atomic mass is 32.2. The fourth-order valence-electron chi connectivity index (χ4n) is 3.87. The number of hydrogen-bond acceptors (Lipinski definition) is 3. The molecule has 0 N–H and O–H groups in total. The van der Waals surface area contributed by atoms with Gasteiger partial charge in [-0.15, -0.1) is 11.8 Å². The quantitative estimate of drug-likeness (QED) is 0.698. The van der Waals surface area contributed by atoms with Crippen molar-refractivity contribution in [3.8, 4) is 0 Å². The van der Waals surface area contributed by atoms with E-state index in [9.17, 15) is 9.59 Å². The van der Waals surface area contributed by atoms with Crippen molar-refractivity contribution in [1.82, 2.24) is 9.80 Å². The van der Waals surface area contributed by atoms with Gasteiger partial charge in [-0.3, -0.25) is 9.59 Å². The van der Waals surface area contributed by atoms with Crippen molar-refractivity contribution >= 4 is 23.6 Å². The second-order valence-electron chi connectivity index (χ2n) is 9.08. The summed E-state index contributed by atoms with van der Waals surface area (Å²) in [6.45, 7) is 12.6. The number of carbonyl (C=O) groups is 2. The van der Waals surface area contributed by atoms with Crippen LogP contribution in [-0.2, 0) is 15.0 Å². The van der Waals surface area contributed by atoms with Crippen LogP contribution in [0.5, 0.6) is 0 Å². The Bertz CT molecular complexity index is 706. The predicted molar refractivity (Wildman–Crippen MR) is 116 cm³/mol. The SMILES string of the molecule is CCN(CCN1C(=O)[C@H](C)S[C@@H]1c1ccc(C(C)(C)C)cc1)C(=O)C1CCC1. The maximum absolute atomic E-state index is 12.8. The van der Waals surface area contributed by atoms with E-state index in [2.05, 4.69) is 45.0 Å². The molecule has 0 aromatic heterocycles. The van der Waals surface area contributed by atoms with Crippen LogP contribution in [-0.4, -0.2) is 46.5 Å². The van der Waals surface area contributed by atoms with Crippen LogP contribution in [0.1, 0.15) is 70.4 Å². The molecule has 2 fully saturated rings. The van der Waals surface area contributed by atoms with Gasteiger partial charge in [-0.1, -0.05) is 51.5 Å². The molecule has 2 amide bonds. The van der Waals surface area contributed by atoms with Crippen LogP contribution >= 0.6 is 11.8 Å². The summed E-state index contributed by atoms with van der Waals surface area (Å²) in [5.41, 5.74) is 2.59. The van der Waals surface area contributed by atoms with Crippen molar-refractivity contribution < 1.29 is 9.59 Å².